The van der Waals surface area contributed by atoms with Crippen molar-refractivity contribution in [2.24, 2.45) is 5.73 Å². The Balaban J connectivity index is 3.13. The highest BCUT2D eigenvalue weighted by molar-refractivity contribution is 6.31. The smallest absolute Gasteiger partial charge is 0.396 e. The molecule has 0 radical (unpaired) electrons. The maximum Gasteiger partial charge on any atom is 0.396 e. The van der Waals surface area contributed by atoms with Crippen molar-refractivity contribution in [2.45, 2.75) is 45.4 Å². The number of ether oxygens (including phenoxy) is 1. The van der Waals surface area contributed by atoms with Crippen LogP contribution in [0, 0.1) is 0 Å². The van der Waals surface area contributed by atoms with Crippen molar-refractivity contribution in [2.75, 3.05) is 6.61 Å². The van der Waals surface area contributed by atoms with Gasteiger partial charge in [0.25, 0.3) is 0 Å². The fourth-order valence-electron chi connectivity index (χ4n) is 1.12. The summed E-state index contributed by atoms with van der Waals surface area (Å²) in [5.41, 5.74) is 4.70. The molecule has 0 bridgehead atoms. The van der Waals surface area contributed by atoms with Crippen molar-refractivity contribution < 1.29 is 14.3 Å². The first-order chi connectivity index (χ1) is 6.68. The SMILES string of the molecule is CCCCCCCCOC(=O)C(N)=O. The zero-order valence-electron chi connectivity index (χ0n) is 8.75. The van der Waals surface area contributed by atoms with Gasteiger partial charge in [-0.05, 0) is 6.42 Å². The average Bonchev–Trinajstić information content (AvgIpc) is 2.16. The van der Waals surface area contributed by atoms with E-state index in [0.29, 0.717) is 6.61 Å². The Morgan fingerprint density at radius 2 is 1.64 bits per heavy atom. The monoisotopic (exact) mass is 201 g/mol. The van der Waals surface area contributed by atoms with Crippen LogP contribution in [0.25, 0.3) is 0 Å². The van der Waals surface area contributed by atoms with E-state index in [1.54, 1.807) is 0 Å². The van der Waals surface area contributed by atoms with Crippen molar-refractivity contribution in [1.82, 2.24) is 0 Å². The topological polar surface area (TPSA) is 69.4 Å². The molecule has 2 N–H and O–H groups in total. The van der Waals surface area contributed by atoms with E-state index in [2.05, 4.69) is 11.7 Å². The zero-order chi connectivity index (χ0) is 10.8. The fourth-order valence-corrected chi connectivity index (χ4v) is 1.12. The van der Waals surface area contributed by atoms with Crippen molar-refractivity contribution >= 4 is 11.9 Å². The number of esters is 1. The lowest BCUT2D eigenvalue weighted by molar-refractivity contribution is -0.153. The van der Waals surface area contributed by atoms with Gasteiger partial charge in [-0.1, -0.05) is 39.0 Å². The number of carbonyl (C=O) groups excluding carboxylic acids is 2. The largest absolute Gasteiger partial charge is 0.459 e. The molecule has 0 fully saturated rings. The Labute approximate surface area is 84.8 Å². The highest BCUT2D eigenvalue weighted by Gasteiger charge is 2.08. The second kappa shape index (κ2) is 8.53. The molecule has 0 spiro atoms. The highest BCUT2D eigenvalue weighted by Crippen LogP contribution is 2.04. The number of amides is 1. The summed E-state index contributed by atoms with van der Waals surface area (Å²) in [5, 5.41) is 0. The summed E-state index contributed by atoms with van der Waals surface area (Å²) in [7, 11) is 0. The first-order valence-corrected chi connectivity index (χ1v) is 5.15. The number of carbonyl (C=O) groups is 2. The van der Waals surface area contributed by atoms with E-state index in [1.807, 2.05) is 0 Å². The molecule has 82 valence electrons. The third-order valence-corrected chi connectivity index (χ3v) is 1.93. The molecule has 4 heteroatoms. The fraction of sp³-hybridized carbons (Fsp3) is 0.800. The minimum Gasteiger partial charge on any atom is -0.459 e. The van der Waals surface area contributed by atoms with Crippen LogP contribution in [0.4, 0.5) is 0 Å². The number of hydrogen-bond donors (Lipinski definition) is 1. The van der Waals surface area contributed by atoms with E-state index in [-0.39, 0.29) is 0 Å². The minimum atomic E-state index is -1.02. The van der Waals surface area contributed by atoms with Crippen molar-refractivity contribution in [3.8, 4) is 0 Å². The van der Waals surface area contributed by atoms with Gasteiger partial charge in [0.1, 0.15) is 0 Å². The van der Waals surface area contributed by atoms with Crippen LogP contribution in [0.5, 0.6) is 0 Å². The van der Waals surface area contributed by atoms with Gasteiger partial charge in [-0.3, -0.25) is 4.79 Å². The van der Waals surface area contributed by atoms with Gasteiger partial charge >= 0.3 is 11.9 Å². The standard InChI is InChI=1S/C10H19NO3/c1-2-3-4-5-6-7-8-14-10(13)9(11)12/h2-8H2,1H3,(H2,11,12). The van der Waals surface area contributed by atoms with E-state index in [0.717, 1.165) is 19.3 Å². The third-order valence-electron chi connectivity index (χ3n) is 1.93. The van der Waals surface area contributed by atoms with Crippen LogP contribution in [0.3, 0.4) is 0 Å². The summed E-state index contributed by atoms with van der Waals surface area (Å²) in [5.74, 6) is -1.95. The van der Waals surface area contributed by atoms with Gasteiger partial charge in [-0.15, -0.1) is 0 Å². The molecule has 0 rings (SSSR count). The molecular formula is C10H19NO3. The molecule has 0 unspecified atom stereocenters. The Kier molecular flexibility index (Phi) is 7.89. The number of unbranched alkanes of at least 4 members (excludes halogenated alkanes) is 5. The number of primary amides is 1. The van der Waals surface area contributed by atoms with Gasteiger partial charge in [0, 0.05) is 0 Å². The second-order valence-corrected chi connectivity index (χ2v) is 3.27. The first-order valence-electron chi connectivity index (χ1n) is 5.15. The van der Waals surface area contributed by atoms with Gasteiger partial charge < -0.3 is 10.5 Å². The molecule has 0 aliphatic heterocycles. The lowest BCUT2D eigenvalue weighted by Gasteiger charge is -2.01. The van der Waals surface area contributed by atoms with E-state index in [1.165, 1.54) is 19.3 Å². The normalized spacial score (nSPS) is 9.79. The maximum absolute atomic E-state index is 10.6. The van der Waals surface area contributed by atoms with Crippen molar-refractivity contribution in [3.63, 3.8) is 0 Å². The second-order valence-electron chi connectivity index (χ2n) is 3.27. The highest BCUT2D eigenvalue weighted by atomic mass is 16.5. The summed E-state index contributed by atoms with van der Waals surface area (Å²) < 4.78 is 4.60. The Hall–Kier alpha value is -1.06. The molecule has 4 nitrogen and oxygen atoms in total. The molecule has 1 amide bonds. The number of rotatable bonds is 7. The molecule has 0 aromatic rings. The van der Waals surface area contributed by atoms with Crippen molar-refractivity contribution in [1.29, 1.82) is 0 Å². The zero-order valence-corrected chi connectivity index (χ0v) is 8.75. The van der Waals surface area contributed by atoms with E-state index >= 15 is 0 Å². The summed E-state index contributed by atoms with van der Waals surface area (Å²) in [6.45, 7) is 2.46. The average molecular weight is 201 g/mol. The van der Waals surface area contributed by atoms with Crippen LogP contribution in [0.15, 0.2) is 0 Å². The van der Waals surface area contributed by atoms with Crippen LogP contribution in [0.1, 0.15) is 45.4 Å². The van der Waals surface area contributed by atoms with E-state index in [9.17, 15) is 9.59 Å². The Morgan fingerprint density at radius 3 is 2.21 bits per heavy atom. The lowest BCUT2D eigenvalue weighted by Crippen LogP contribution is -2.25. The van der Waals surface area contributed by atoms with Crippen molar-refractivity contribution in [3.05, 3.63) is 0 Å². The lowest BCUT2D eigenvalue weighted by atomic mass is 10.1. The van der Waals surface area contributed by atoms with Gasteiger partial charge in [-0.2, -0.15) is 0 Å². The molecule has 0 aliphatic rings. The first kappa shape index (κ1) is 12.9. The molecule has 14 heavy (non-hydrogen) atoms. The molecule has 0 aromatic heterocycles. The Bertz CT molecular complexity index is 180. The summed E-state index contributed by atoms with van der Waals surface area (Å²) in [4.78, 5) is 20.8. The predicted octanol–water partition coefficient (Wildman–Crippen LogP) is 1.38. The molecule has 0 heterocycles. The molecule has 0 aliphatic carbocycles. The quantitative estimate of drug-likeness (QED) is 0.384. The molecule has 0 saturated heterocycles. The van der Waals surface area contributed by atoms with Crippen LogP contribution in [-0.2, 0) is 14.3 Å². The summed E-state index contributed by atoms with van der Waals surface area (Å²) in [6, 6.07) is 0. The number of nitrogens with two attached hydrogens (primary N) is 1. The minimum absolute atomic E-state index is 0.300. The molecule has 0 saturated carbocycles. The van der Waals surface area contributed by atoms with Crippen LogP contribution in [-0.4, -0.2) is 18.5 Å². The Morgan fingerprint density at radius 1 is 1.07 bits per heavy atom. The van der Waals surface area contributed by atoms with Gasteiger partial charge in [-0.25, -0.2) is 4.79 Å². The molecule has 0 atom stereocenters. The third kappa shape index (κ3) is 7.58. The van der Waals surface area contributed by atoms with E-state index < -0.39 is 11.9 Å². The maximum atomic E-state index is 10.6. The number of hydrogen-bond acceptors (Lipinski definition) is 3. The summed E-state index contributed by atoms with van der Waals surface area (Å²) >= 11 is 0. The van der Waals surface area contributed by atoms with Gasteiger partial charge in [0.2, 0.25) is 0 Å². The van der Waals surface area contributed by atoms with Gasteiger partial charge in [0.05, 0.1) is 6.61 Å². The van der Waals surface area contributed by atoms with Gasteiger partial charge in [0.15, 0.2) is 0 Å². The van der Waals surface area contributed by atoms with Crippen LogP contribution in [0.2, 0.25) is 0 Å². The molecular weight excluding hydrogens is 182 g/mol. The summed E-state index contributed by atoms with van der Waals surface area (Å²) in [6.07, 6.45) is 6.69. The predicted molar refractivity (Wildman–Crippen MR) is 53.5 cm³/mol. The van der Waals surface area contributed by atoms with Crippen LogP contribution < -0.4 is 5.73 Å². The van der Waals surface area contributed by atoms with E-state index in [4.69, 9.17) is 5.73 Å². The van der Waals surface area contributed by atoms with Crippen LogP contribution >= 0.6 is 0 Å². The molecule has 0 aromatic carbocycles.